The lowest BCUT2D eigenvalue weighted by atomic mass is 10.2. The summed E-state index contributed by atoms with van der Waals surface area (Å²) in [5.41, 5.74) is -1.20. The van der Waals surface area contributed by atoms with Gasteiger partial charge in [0.2, 0.25) is 9.84 Å². The fourth-order valence-electron chi connectivity index (χ4n) is 1.92. The Hall–Kier alpha value is -1.64. The minimum absolute atomic E-state index is 0.0931. The van der Waals surface area contributed by atoms with Crippen molar-refractivity contribution in [1.82, 2.24) is 5.32 Å². The van der Waals surface area contributed by atoms with Gasteiger partial charge in [-0.25, -0.2) is 13.2 Å². The lowest BCUT2D eigenvalue weighted by Crippen LogP contribution is -2.43. The summed E-state index contributed by atoms with van der Waals surface area (Å²) >= 11 is 0. The minimum atomic E-state index is -3.75. The Kier molecular flexibility index (Phi) is 4.26. The molecule has 1 heterocycles. The van der Waals surface area contributed by atoms with Gasteiger partial charge in [0.05, 0.1) is 18.6 Å². The predicted molar refractivity (Wildman–Crippen MR) is 69.7 cm³/mol. The first kappa shape index (κ1) is 14.8. The van der Waals surface area contributed by atoms with Gasteiger partial charge in [-0.15, -0.1) is 0 Å². The molecule has 1 aromatic carbocycles. The van der Waals surface area contributed by atoms with Crippen molar-refractivity contribution in [3.05, 3.63) is 23.8 Å². The molecule has 7 nitrogen and oxygen atoms in total. The molecular weight excluding hydrogens is 286 g/mol. The Balaban J connectivity index is 2.41. The summed E-state index contributed by atoms with van der Waals surface area (Å²) in [5.74, 6) is -1.14. The normalized spacial score (nSPS) is 19.6. The van der Waals surface area contributed by atoms with Crippen molar-refractivity contribution in [2.45, 2.75) is 10.3 Å². The number of morpholine rings is 1. The van der Waals surface area contributed by atoms with Crippen LogP contribution in [0.3, 0.4) is 0 Å². The number of carbonyl (C=O) groups is 1. The molecule has 1 atom stereocenters. The van der Waals surface area contributed by atoms with E-state index >= 15 is 0 Å². The van der Waals surface area contributed by atoms with Crippen LogP contribution in [0.2, 0.25) is 0 Å². The van der Waals surface area contributed by atoms with E-state index in [9.17, 15) is 13.2 Å². The Bertz CT molecular complexity index is 606. The molecule has 0 aliphatic carbocycles. The maximum atomic E-state index is 12.4. The predicted octanol–water partition coefficient (Wildman–Crippen LogP) is 0.113. The van der Waals surface area contributed by atoms with E-state index in [1.54, 1.807) is 0 Å². The molecule has 1 aromatic rings. The molecule has 1 fully saturated rings. The van der Waals surface area contributed by atoms with Crippen LogP contribution in [0.25, 0.3) is 0 Å². The Morgan fingerprint density at radius 2 is 2.25 bits per heavy atom. The van der Waals surface area contributed by atoms with E-state index in [0.717, 1.165) is 6.07 Å². The van der Waals surface area contributed by atoms with Crippen LogP contribution >= 0.6 is 0 Å². The van der Waals surface area contributed by atoms with Crippen LogP contribution in [0.15, 0.2) is 23.1 Å². The number of carboxylic acid groups (broad SMARTS) is 1. The summed E-state index contributed by atoms with van der Waals surface area (Å²) in [7, 11) is -2.42. The number of hydrogen-bond acceptors (Lipinski definition) is 6. The molecule has 0 aromatic heterocycles. The smallest absolute Gasteiger partial charge is 0.339 e. The Morgan fingerprint density at radius 3 is 2.80 bits per heavy atom. The van der Waals surface area contributed by atoms with Crippen molar-refractivity contribution >= 4 is 15.8 Å². The minimum Gasteiger partial charge on any atom is -0.496 e. The first-order valence-electron chi connectivity index (χ1n) is 5.94. The zero-order valence-corrected chi connectivity index (χ0v) is 11.6. The standard InChI is InChI=1S/C12H15NO6S/c1-18-10-3-2-8(6-9(10)12(14)15)20(16,17)11-7-13-4-5-19-11/h2-3,6,11,13H,4-5,7H2,1H3,(H,14,15). The average Bonchev–Trinajstić information content (AvgIpc) is 2.47. The summed E-state index contributed by atoms with van der Waals surface area (Å²) in [4.78, 5) is 11.0. The fraction of sp³-hybridized carbons (Fsp3) is 0.417. The van der Waals surface area contributed by atoms with Gasteiger partial charge in [-0.1, -0.05) is 0 Å². The molecule has 2 N–H and O–H groups in total. The molecule has 0 bridgehead atoms. The topological polar surface area (TPSA) is 102 Å². The fourth-order valence-corrected chi connectivity index (χ4v) is 3.38. The number of methoxy groups -OCH3 is 1. The number of ether oxygens (including phenoxy) is 2. The highest BCUT2D eigenvalue weighted by Crippen LogP contribution is 2.25. The zero-order chi connectivity index (χ0) is 14.8. The van der Waals surface area contributed by atoms with Crippen molar-refractivity contribution in [3.8, 4) is 5.75 Å². The van der Waals surface area contributed by atoms with Crippen molar-refractivity contribution in [2.24, 2.45) is 0 Å². The quantitative estimate of drug-likeness (QED) is 0.814. The first-order valence-corrected chi connectivity index (χ1v) is 7.49. The zero-order valence-electron chi connectivity index (χ0n) is 10.8. The van der Waals surface area contributed by atoms with E-state index in [1.165, 1.54) is 19.2 Å². The molecule has 20 heavy (non-hydrogen) atoms. The molecule has 0 spiro atoms. The van der Waals surface area contributed by atoms with Crippen molar-refractivity contribution < 1.29 is 27.8 Å². The number of hydrogen-bond donors (Lipinski definition) is 2. The lowest BCUT2D eigenvalue weighted by molar-refractivity contribution is 0.0692. The number of nitrogens with one attached hydrogen (secondary N) is 1. The van der Waals surface area contributed by atoms with Crippen LogP contribution in [0.4, 0.5) is 0 Å². The van der Waals surface area contributed by atoms with Gasteiger partial charge >= 0.3 is 5.97 Å². The lowest BCUT2D eigenvalue weighted by Gasteiger charge is -2.23. The molecule has 0 amide bonds. The molecule has 2 rings (SSSR count). The van der Waals surface area contributed by atoms with Gasteiger partial charge in [-0.05, 0) is 18.2 Å². The first-order chi connectivity index (χ1) is 9.46. The third kappa shape index (κ3) is 2.77. The van der Waals surface area contributed by atoms with Crippen LogP contribution in [0, 0.1) is 0 Å². The van der Waals surface area contributed by atoms with Gasteiger partial charge in [0.1, 0.15) is 11.3 Å². The van der Waals surface area contributed by atoms with Crippen LogP contribution in [-0.2, 0) is 14.6 Å². The Labute approximate surface area is 116 Å². The highest BCUT2D eigenvalue weighted by Gasteiger charge is 2.31. The summed E-state index contributed by atoms with van der Waals surface area (Å²) in [6.07, 6.45) is 0. The molecule has 1 aliphatic heterocycles. The molecule has 8 heteroatoms. The number of sulfone groups is 1. The van der Waals surface area contributed by atoms with Crippen molar-refractivity contribution in [3.63, 3.8) is 0 Å². The highest BCUT2D eigenvalue weighted by molar-refractivity contribution is 7.92. The molecule has 110 valence electrons. The van der Waals surface area contributed by atoms with E-state index in [1.807, 2.05) is 0 Å². The van der Waals surface area contributed by atoms with Gasteiger partial charge in [-0.2, -0.15) is 0 Å². The summed E-state index contributed by atoms with van der Waals surface area (Å²) in [5, 5.41) is 12.0. The molecule has 1 aliphatic rings. The van der Waals surface area contributed by atoms with Crippen molar-refractivity contribution in [1.29, 1.82) is 0 Å². The van der Waals surface area contributed by atoms with Crippen LogP contribution < -0.4 is 10.1 Å². The van der Waals surface area contributed by atoms with Gasteiger partial charge in [0, 0.05) is 13.1 Å². The van der Waals surface area contributed by atoms with E-state index in [-0.39, 0.29) is 22.8 Å². The molecule has 1 unspecified atom stereocenters. The van der Waals surface area contributed by atoms with Crippen LogP contribution in [0.5, 0.6) is 5.75 Å². The monoisotopic (exact) mass is 301 g/mol. The van der Waals surface area contributed by atoms with E-state index in [4.69, 9.17) is 14.6 Å². The molecule has 1 saturated heterocycles. The Morgan fingerprint density at radius 1 is 1.50 bits per heavy atom. The highest BCUT2D eigenvalue weighted by atomic mass is 32.2. The van der Waals surface area contributed by atoms with E-state index in [2.05, 4.69) is 5.32 Å². The third-order valence-electron chi connectivity index (χ3n) is 2.97. The maximum Gasteiger partial charge on any atom is 0.339 e. The second-order valence-electron chi connectivity index (χ2n) is 4.22. The van der Waals surface area contributed by atoms with Gasteiger partial charge < -0.3 is 19.9 Å². The number of benzene rings is 1. The summed E-state index contributed by atoms with van der Waals surface area (Å²) in [6, 6.07) is 3.74. The molecular formula is C12H15NO6S. The van der Waals surface area contributed by atoms with Gasteiger partial charge in [0.25, 0.3) is 0 Å². The maximum absolute atomic E-state index is 12.4. The summed E-state index contributed by atoms with van der Waals surface area (Å²) < 4.78 is 34.9. The van der Waals surface area contributed by atoms with Gasteiger partial charge in [-0.3, -0.25) is 0 Å². The second kappa shape index (κ2) is 5.78. The van der Waals surface area contributed by atoms with E-state index < -0.39 is 21.2 Å². The summed E-state index contributed by atoms with van der Waals surface area (Å²) in [6.45, 7) is 1.07. The molecule has 0 radical (unpaired) electrons. The number of aromatic carboxylic acids is 1. The van der Waals surface area contributed by atoms with E-state index in [0.29, 0.717) is 13.2 Å². The second-order valence-corrected chi connectivity index (χ2v) is 6.30. The van der Waals surface area contributed by atoms with Crippen LogP contribution in [-0.4, -0.2) is 51.7 Å². The number of carboxylic acids is 1. The largest absolute Gasteiger partial charge is 0.496 e. The average molecular weight is 301 g/mol. The molecule has 0 saturated carbocycles. The van der Waals surface area contributed by atoms with Crippen LogP contribution in [0.1, 0.15) is 10.4 Å². The van der Waals surface area contributed by atoms with Gasteiger partial charge in [0.15, 0.2) is 5.44 Å². The van der Waals surface area contributed by atoms with Crippen molar-refractivity contribution in [2.75, 3.05) is 26.8 Å². The SMILES string of the molecule is COc1ccc(S(=O)(=O)C2CNCCO2)cc1C(=O)O. The number of rotatable bonds is 4. The third-order valence-corrected chi connectivity index (χ3v) is 4.88.